The van der Waals surface area contributed by atoms with Crippen molar-refractivity contribution in [2.24, 2.45) is 0 Å². The molecule has 20 heavy (non-hydrogen) atoms. The third kappa shape index (κ3) is 3.53. The molecular weight excluding hydrogens is 246 g/mol. The number of aryl methyl sites for hydroxylation is 1. The number of rotatable bonds is 3. The molecular formula is C18H21NO. The first-order chi connectivity index (χ1) is 9.36. The summed E-state index contributed by atoms with van der Waals surface area (Å²) < 4.78 is 0. The average Bonchev–Trinajstić information content (AvgIpc) is 2.39. The summed E-state index contributed by atoms with van der Waals surface area (Å²) in [7, 11) is 0. The molecule has 1 aromatic heterocycles. The van der Waals surface area contributed by atoms with E-state index in [-0.39, 0.29) is 11.2 Å². The van der Waals surface area contributed by atoms with E-state index >= 15 is 0 Å². The van der Waals surface area contributed by atoms with Gasteiger partial charge in [-0.15, -0.1) is 0 Å². The molecule has 0 unspecified atom stereocenters. The van der Waals surface area contributed by atoms with Gasteiger partial charge in [0.2, 0.25) is 0 Å². The molecule has 1 heterocycles. The summed E-state index contributed by atoms with van der Waals surface area (Å²) in [5.74, 6) is 0.112. The van der Waals surface area contributed by atoms with Gasteiger partial charge in [0.15, 0.2) is 5.78 Å². The van der Waals surface area contributed by atoms with Crippen molar-refractivity contribution in [3.63, 3.8) is 0 Å². The van der Waals surface area contributed by atoms with Gasteiger partial charge in [-0.25, -0.2) is 0 Å². The van der Waals surface area contributed by atoms with E-state index in [0.29, 0.717) is 12.0 Å². The van der Waals surface area contributed by atoms with Crippen molar-refractivity contribution in [2.75, 3.05) is 0 Å². The van der Waals surface area contributed by atoms with Gasteiger partial charge < -0.3 is 0 Å². The largest absolute Gasteiger partial charge is 0.294 e. The van der Waals surface area contributed by atoms with Crippen LogP contribution >= 0.6 is 0 Å². The van der Waals surface area contributed by atoms with Crippen LogP contribution in [0.15, 0.2) is 42.6 Å². The van der Waals surface area contributed by atoms with Gasteiger partial charge in [0.1, 0.15) is 0 Å². The Balaban J connectivity index is 2.10. The van der Waals surface area contributed by atoms with Crippen LogP contribution in [0.1, 0.15) is 48.0 Å². The molecule has 0 aliphatic rings. The molecule has 0 bridgehead atoms. The van der Waals surface area contributed by atoms with Gasteiger partial charge >= 0.3 is 0 Å². The van der Waals surface area contributed by atoms with Crippen LogP contribution in [0.5, 0.6) is 0 Å². The molecule has 2 heteroatoms. The molecule has 0 fully saturated rings. The molecule has 0 aliphatic carbocycles. The summed E-state index contributed by atoms with van der Waals surface area (Å²) in [5, 5.41) is 0. The Kier molecular flexibility index (Phi) is 4.03. The maximum absolute atomic E-state index is 12.2. The monoisotopic (exact) mass is 267 g/mol. The fourth-order valence-corrected chi connectivity index (χ4v) is 2.04. The first kappa shape index (κ1) is 14.4. The molecule has 0 radical (unpaired) electrons. The first-order valence-electron chi connectivity index (χ1n) is 6.91. The Morgan fingerprint density at radius 1 is 1.05 bits per heavy atom. The van der Waals surface area contributed by atoms with Crippen molar-refractivity contribution in [3.05, 3.63) is 65.0 Å². The highest BCUT2D eigenvalue weighted by Crippen LogP contribution is 2.22. The molecule has 0 N–H and O–H groups in total. The van der Waals surface area contributed by atoms with E-state index in [1.165, 1.54) is 5.56 Å². The zero-order chi connectivity index (χ0) is 14.8. The highest BCUT2D eigenvalue weighted by Gasteiger charge is 2.13. The summed E-state index contributed by atoms with van der Waals surface area (Å²) in [6.07, 6.45) is 2.08. The second-order valence-corrected chi connectivity index (χ2v) is 6.24. The Hall–Kier alpha value is -1.96. The quantitative estimate of drug-likeness (QED) is 0.783. The Bertz CT molecular complexity index is 589. The lowest BCUT2D eigenvalue weighted by molar-refractivity contribution is 0.0992. The molecule has 2 nitrogen and oxygen atoms in total. The lowest BCUT2D eigenvalue weighted by Gasteiger charge is -2.19. The van der Waals surface area contributed by atoms with Crippen LogP contribution in [-0.4, -0.2) is 10.8 Å². The van der Waals surface area contributed by atoms with Crippen LogP contribution in [0.3, 0.4) is 0 Å². The summed E-state index contributed by atoms with van der Waals surface area (Å²) in [6, 6.07) is 12.0. The van der Waals surface area contributed by atoms with E-state index in [1.54, 1.807) is 6.20 Å². The molecule has 0 aliphatic heterocycles. The maximum Gasteiger partial charge on any atom is 0.168 e. The minimum Gasteiger partial charge on any atom is -0.294 e. The van der Waals surface area contributed by atoms with Crippen molar-refractivity contribution in [2.45, 2.75) is 39.5 Å². The summed E-state index contributed by atoms with van der Waals surface area (Å²) in [5.41, 5.74) is 4.07. The summed E-state index contributed by atoms with van der Waals surface area (Å²) in [4.78, 5) is 16.3. The molecule has 2 aromatic rings. The van der Waals surface area contributed by atoms with Crippen LogP contribution < -0.4 is 0 Å². The van der Waals surface area contributed by atoms with Crippen LogP contribution in [0.2, 0.25) is 0 Å². The first-order valence-corrected chi connectivity index (χ1v) is 6.91. The topological polar surface area (TPSA) is 30.0 Å². The van der Waals surface area contributed by atoms with E-state index < -0.39 is 0 Å². The molecule has 0 amide bonds. The average molecular weight is 267 g/mol. The number of Topliss-reactive ketones (excluding diaryl/α,β-unsaturated/α-hetero) is 1. The van der Waals surface area contributed by atoms with E-state index in [0.717, 1.165) is 11.3 Å². The Labute approximate surface area is 120 Å². The molecule has 0 saturated heterocycles. The molecule has 0 saturated carbocycles. The van der Waals surface area contributed by atoms with Crippen LogP contribution in [-0.2, 0) is 11.8 Å². The molecule has 0 atom stereocenters. The van der Waals surface area contributed by atoms with Crippen molar-refractivity contribution < 1.29 is 4.79 Å². The van der Waals surface area contributed by atoms with Gasteiger partial charge in [-0.05, 0) is 35.6 Å². The van der Waals surface area contributed by atoms with Crippen LogP contribution in [0.25, 0.3) is 0 Å². The number of carbonyl (C=O) groups excluding carboxylic acids is 1. The number of nitrogens with zero attached hydrogens (tertiary/aromatic N) is 1. The smallest absolute Gasteiger partial charge is 0.168 e. The van der Waals surface area contributed by atoms with E-state index in [1.807, 2.05) is 31.2 Å². The number of carbonyl (C=O) groups is 1. The van der Waals surface area contributed by atoms with Crippen LogP contribution in [0, 0.1) is 6.92 Å². The van der Waals surface area contributed by atoms with Crippen molar-refractivity contribution >= 4 is 5.78 Å². The summed E-state index contributed by atoms with van der Waals surface area (Å²) >= 11 is 0. The number of hydrogen-bond donors (Lipinski definition) is 0. The molecule has 2 rings (SSSR count). The van der Waals surface area contributed by atoms with Crippen molar-refractivity contribution in [1.82, 2.24) is 4.98 Å². The van der Waals surface area contributed by atoms with E-state index in [2.05, 4.69) is 37.9 Å². The fraction of sp³-hybridized carbons (Fsp3) is 0.333. The third-order valence-electron chi connectivity index (χ3n) is 3.42. The third-order valence-corrected chi connectivity index (χ3v) is 3.42. The minimum absolute atomic E-state index is 0.112. The van der Waals surface area contributed by atoms with Gasteiger partial charge in [-0.1, -0.05) is 45.0 Å². The number of hydrogen-bond acceptors (Lipinski definition) is 2. The fourth-order valence-electron chi connectivity index (χ4n) is 2.04. The van der Waals surface area contributed by atoms with E-state index in [4.69, 9.17) is 0 Å². The zero-order valence-corrected chi connectivity index (χ0v) is 12.6. The minimum atomic E-state index is 0.112. The highest BCUT2D eigenvalue weighted by atomic mass is 16.1. The standard InChI is InChI=1S/C18H21NO/c1-13-5-8-15(12-19-13)17(20)11-14-6-9-16(10-7-14)18(2,3)4/h5-10,12H,11H2,1-4H3. The predicted octanol–water partition coefficient (Wildman–Crippen LogP) is 4.11. The van der Waals surface area contributed by atoms with Gasteiger partial charge in [-0.3, -0.25) is 9.78 Å². The van der Waals surface area contributed by atoms with Crippen molar-refractivity contribution in [3.8, 4) is 0 Å². The van der Waals surface area contributed by atoms with Crippen LogP contribution in [0.4, 0.5) is 0 Å². The van der Waals surface area contributed by atoms with E-state index in [9.17, 15) is 4.79 Å². The number of aromatic nitrogens is 1. The van der Waals surface area contributed by atoms with Gasteiger partial charge in [0, 0.05) is 23.9 Å². The lowest BCUT2D eigenvalue weighted by atomic mass is 9.86. The Morgan fingerprint density at radius 2 is 1.70 bits per heavy atom. The highest BCUT2D eigenvalue weighted by molar-refractivity contribution is 5.97. The summed E-state index contributed by atoms with van der Waals surface area (Å²) in [6.45, 7) is 8.47. The number of pyridine rings is 1. The number of benzene rings is 1. The van der Waals surface area contributed by atoms with Gasteiger partial charge in [-0.2, -0.15) is 0 Å². The normalized spacial score (nSPS) is 11.4. The SMILES string of the molecule is Cc1ccc(C(=O)Cc2ccc(C(C)(C)C)cc2)cn1. The predicted molar refractivity (Wildman–Crippen MR) is 82.2 cm³/mol. The maximum atomic E-state index is 12.2. The van der Waals surface area contributed by atoms with Gasteiger partial charge in [0.05, 0.1) is 0 Å². The molecule has 0 spiro atoms. The molecule has 1 aromatic carbocycles. The van der Waals surface area contributed by atoms with Gasteiger partial charge in [0.25, 0.3) is 0 Å². The molecule has 104 valence electrons. The lowest BCUT2D eigenvalue weighted by Crippen LogP contribution is -2.11. The Morgan fingerprint density at radius 3 is 2.20 bits per heavy atom. The second kappa shape index (κ2) is 5.58. The van der Waals surface area contributed by atoms with Crippen molar-refractivity contribution in [1.29, 1.82) is 0 Å². The second-order valence-electron chi connectivity index (χ2n) is 6.24. The zero-order valence-electron chi connectivity index (χ0n) is 12.6. The number of ketones is 1.